The van der Waals surface area contributed by atoms with E-state index in [4.69, 9.17) is 0 Å². The highest BCUT2D eigenvalue weighted by Gasteiger charge is 2.21. The molecule has 1 rings (SSSR count). The van der Waals surface area contributed by atoms with Crippen molar-refractivity contribution in [3.63, 3.8) is 0 Å². The van der Waals surface area contributed by atoms with Gasteiger partial charge in [-0.25, -0.2) is 0 Å². The van der Waals surface area contributed by atoms with Crippen LogP contribution in [-0.4, -0.2) is 37.1 Å². The van der Waals surface area contributed by atoms with Crippen LogP contribution < -0.4 is 5.32 Å². The second-order valence-electron chi connectivity index (χ2n) is 4.97. The van der Waals surface area contributed by atoms with E-state index in [0.29, 0.717) is 0 Å². The Hall–Kier alpha value is -0.0800. The molecule has 1 fully saturated rings. The van der Waals surface area contributed by atoms with Crippen molar-refractivity contribution in [1.82, 2.24) is 10.2 Å². The number of likely N-dealkylation sites (N-methyl/N-ethyl adjacent to an activating group) is 1. The molecule has 1 aliphatic heterocycles. The highest BCUT2D eigenvalue weighted by molar-refractivity contribution is 4.78. The van der Waals surface area contributed by atoms with Crippen molar-refractivity contribution in [2.24, 2.45) is 5.92 Å². The summed E-state index contributed by atoms with van der Waals surface area (Å²) in [7, 11) is 0. The zero-order valence-corrected chi connectivity index (χ0v) is 10.8. The van der Waals surface area contributed by atoms with E-state index in [2.05, 4.69) is 31.0 Å². The van der Waals surface area contributed by atoms with Gasteiger partial charge in [-0.1, -0.05) is 27.2 Å². The molecule has 2 nitrogen and oxygen atoms in total. The lowest BCUT2D eigenvalue weighted by Gasteiger charge is -2.36. The molecule has 0 aromatic carbocycles. The molecule has 0 aliphatic carbocycles. The molecular formula is C13H28N2. The molecule has 1 unspecified atom stereocenters. The maximum Gasteiger partial charge on any atom is 0.0220 e. The van der Waals surface area contributed by atoms with Gasteiger partial charge in [-0.2, -0.15) is 0 Å². The number of hydrogen-bond donors (Lipinski definition) is 1. The summed E-state index contributed by atoms with van der Waals surface area (Å²) in [6.45, 7) is 11.8. The van der Waals surface area contributed by atoms with Crippen LogP contribution in [0.25, 0.3) is 0 Å². The summed E-state index contributed by atoms with van der Waals surface area (Å²) in [5.41, 5.74) is 0. The largest absolute Gasteiger partial charge is 0.315 e. The fourth-order valence-corrected chi connectivity index (χ4v) is 2.45. The van der Waals surface area contributed by atoms with Gasteiger partial charge in [-0.3, -0.25) is 4.90 Å². The smallest absolute Gasteiger partial charge is 0.0220 e. The van der Waals surface area contributed by atoms with E-state index in [1.54, 1.807) is 0 Å². The van der Waals surface area contributed by atoms with E-state index in [9.17, 15) is 0 Å². The maximum atomic E-state index is 3.50. The van der Waals surface area contributed by atoms with Crippen LogP contribution >= 0.6 is 0 Å². The molecule has 2 heteroatoms. The standard InChI is InChI=1S/C13H28N2/c1-4-6-13(11-14-5-2)15-9-7-12(3)8-10-15/h12-14H,4-11H2,1-3H3. The monoisotopic (exact) mass is 212 g/mol. The second-order valence-corrected chi connectivity index (χ2v) is 4.97. The van der Waals surface area contributed by atoms with Crippen molar-refractivity contribution < 1.29 is 0 Å². The van der Waals surface area contributed by atoms with Crippen LogP contribution in [0.1, 0.15) is 46.5 Å². The molecule has 90 valence electrons. The first-order valence-corrected chi connectivity index (χ1v) is 6.72. The van der Waals surface area contributed by atoms with Gasteiger partial charge in [0.15, 0.2) is 0 Å². The quantitative estimate of drug-likeness (QED) is 0.728. The highest BCUT2D eigenvalue weighted by Crippen LogP contribution is 2.19. The van der Waals surface area contributed by atoms with Gasteiger partial charge >= 0.3 is 0 Å². The van der Waals surface area contributed by atoms with Gasteiger partial charge in [0.25, 0.3) is 0 Å². The molecule has 1 atom stereocenters. The molecule has 1 aliphatic rings. The Morgan fingerprint density at radius 1 is 1.27 bits per heavy atom. The van der Waals surface area contributed by atoms with E-state index < -0.39 is 0 Å². The van der Waals surface area contributed by atoms with Crippen LogP contribution in [0, 0.1) is 5.92 Å². The van der Waals surface area contributed by atoms with E-state index in [1.807, 2.05) is 0 Å². The first-order chi connectivity index (χ1) is 7.27. The van der Waals surface area contributed by atoms with Gasteiger partial charge in [0.2, 0.25) is 0 Å². The highest BCUT2D eigenvalue weighted by atomic mass is 15.2. The Morgan fingerprint density at radius 2 is 1.93 bits per heavy atom. The number of likely N-dealkylation sites (tertiary alicyclic amines) is 1. The van der Waals surface area contributed by atoms with Gasteiger partial charge < -0.3 is 5.32 Å². The number of rotatable bonds is 6. The summed E-state index contributed by atoms with van der Waals surface area (Å²) in [6, 6.07) is 0.780. The van der Waals surface area contributed by atoms with E-state index in [0.717, 1.165) is 18.5 Å². The number of piperidine rings is 1. The van der Waals surface area contributed by atoms with E-state index in [-0.39, 0.29) is 0 Å². The summed E-state index contributed by atoms with van der Waals surface area (Å²) in [5, 5.41) is 3.50. The Morgan fingerprint density at radius 3 is 2.47 bits per heavy atom. The maximum absolute atomic E-state index is 3.50. The van der Waals surface area contributed by atoms with E-state index in [1.165, 1.54) is 45.3 Å². The number of nitrogens with zero attached hydrogens (tertiary/aromatic N) is 1. The third-order valence-electron chi connectivity index (χ3n) is 3.59. The SMILES string of the molecule is CCCC(CNCC)N1CCC(C)CC1. The summed E-state index contributed by atoms with van der Waals surface area (Å²) in [6.07, 6.45) is 5.45. The summed E-state index contributed by atoms with van der Waals surface area (Å²) in [5.74, 6) is 0.947. The van der Waals surface area contributed by atoms with Crippen molar-refractivity contribution >= 4 is 0 Å². The Bertz CT molecular complexity index is 151. The normalized spacial score (nSPS) is 21.8. The summed E-state index contributed by atoms with van der Waals surface area (Å²) >= 11 is 0. The predicted molar refractivity (Wildman–Crippen MR) is 67.2 cm³/mol. The predicted octanol–water partition coefficient (Wildman–Crippen LogP) is 2.50. The molecular weight excluding hydrogens is 184 g/mol. The molecule has 0 aromatic heterocycles. The van der Waals surface area contributed by atoms with Gasteiger partial charge in [0, 0.05) is 12.6 Å². The van der Waals surface area contributed by atoms with Crippen LogP contribution in [0.2, 0.25) is 0 Å². The van der Waals surface area contributed by atoms with Crippen molar-refractivity contribution in [2.45, 2.75) is 52.5 Å². The minimum Gasteiger partial charge on any atom is -0.315 e. The summed E-state index contributed by atoms with van der Waals surface area (Å²) < 4.78 is 0. The van der Waals surface area contributed by atoms with Gasteiger partial charge in [0.1, 0.15) is 0 Å². The molecule has 15 heavy (non-hydrogen) atoms. The zero-order valence-electron chi connectivity index (χ0n) is 10.8. The van der Waals surface area contributed by atoms with Gasteiger partial charge in [-0.05, 0) is 44.8 Å². The Labute approximate surface area is 95.4 Å². The van der Waals surface area contributed by atoms with Crippen molar-refractivity contribution in [1.29, 1.82) is 0 Å². The lowest BCUT2D eigenvalue weighted by Crippen LogP contribution is -2.46. The number of nitrogens with one attached hydrogen (secondary N) is 1. The molecule has 0 saturated carbocycles. The van der Waals surface area contributed by atoms with Gasteiger partial charge in [0.05, 0.1) is 0 Å². The molecule has 0 radical (unpaired) electrons. The Kier molecular flexibility index (Phi) is 6.26. The number of hydrogen-bond acceptors (Lipinski definition) is 2. The average Bonchev–Trinajstić information content (AvgIpc) is 2.25. The second kappa shape index (κ2) is 7.24. The van der Waals surface area contributed by atoms with Crippen molar-refractivity contribution in [3.8, 4) is 0 Å². The van der Waals surface area contributed by atoms with Crippen LogP contribution in [0.15, 0.2) is 0 Å². The Balaban J connectivity index is 2.33. The first-order valence-electron chi connectivity index (χ1n) is 6.72. The molecule has 0 aromatic rings. The van der Waals surface area contributed by atoms with Crippen LogP contribution in [0.5, 0.6) is 0 Å². The third-order valence-corrected chi connectivity index (χ3v) is 3.59. The minimum absolute atomic E-state index is 0.780. The van der Waals surface area contributed by atoms with Crippen LogP contribution in [0.4, 0.5) is 0 Å². The van der Waals surface area contributed by atoms with Crippen molar-refractivity contribution in [2.75, 3.05) is 26.2 Å². The fraction of sp³-hybridized carbons (Fsp3) is 1.00. The molecule has 0 amide bonds. The van der Waals surface area contributed by atoms with Gasteiger partial charge in [-0.15, -0.1) is 0 Å². The molecule has 1 N–H and O–H groups in total. The topological polar surface area (TPSA) is 15.3 Å². The van der Waals surface area contributed by atoms with Crippen LogP contribution in [-0.2, 0) is 0 Å². The van der Waals surface area contributed by atoms with Crippen LogP contribution in [0.3, 0.4) is 0 Å². The fourth-order valence-electron chi connectivity index (χ4n) is 2.45. The minimum atomic E-state index is 0.780. The van der Waals surface area contributed by atoms with Crippen molar-refractivity contribution in [3.05, 3.63) is 0 Å². The van der Waals surface area contributed by atoms with E-state index >= 15 is 0 Å². The first kappa shape index (κ1) is 13.0. The molecule has 0 bridgehead atoms. The molecule has 1 saturated heterocycles. The lowest BCUT2D eigenvalue weighted by atomic mass is 9.97. The molecule has 1 heterocycles. The third kappa shape index (κ3) is 4.52. The average molecular weight is 212 g/mol. The lowest BCUT2D eigenvalue weighted by molar-refractivity contribution is 0.129. The zero-order chi connectivity index (χ0) is 11.1. The summed E-state index contributed by atoms with van der Waals surface area (Å²) in [4.78, 5) is 2.70. The molecule has 0 spiro atoms.